The van der Waals surface area contributed by atoms with Gasteiger partial charge in [-0.3, -0.25) is 0 Å². The van der Waals surface area contributed by atoms with Crippen molar-refractivity contribution in [1.82, 2.24) is 0 Å². The highest BCUT2D eigenvalue weighted by Gasteiger charge is 2.56. The topological polar surface area (TPSA) is 39.2 Å². The molecule has 0 radical (unpaired) electrons. The summed E-state index contributed by atoms with van der Waals surface area (Å²) in [5, 5.41) is 4.10. The minimum absolute atomic E-state index is 0.0655. The van der Waals surface area contributed by atoms with Crippen LogP contribution in [0.3, 0.4) is 0 Å². The Hall–Kier alpha value is -11.3. The molecule has 15 aromatic rings. The number of rotatable bonds is 8. The molecule has 0 bridgehead atoms. The zero-order chi connectivity index (χ0) is 63.4. The van der Waals surface area contributed by atoms with Crippen molar-refractivity contribution >= 4 is 106 Å². The Kier molecular flexibility index (Phi) is 12.2. The van der Waals surface area contributed by atoms with E-state index in [1.54, 1.807) is 0 Å². The van der Waals surface area contributed by atoms with Gasteiger partial charge in [0.25, 0.3) is 0 Å². The molecule has 6 heteroatoms. The van der Waals surface area contributed by atoms with Crippen molar-refractivity contribution in [1.29, 1.82) is 0 Å². The predicted molar refractivity (Wildman–Crippen MR) is 392 cm³/mol. The summed E-state index contributed by atoms with van der Waals surface area (Å²) >= 11 is 0. The first-order valence-electron chi connectivity index (χ1n) is 32.8. The molecule has 0 unspecified atom stereocenters. The van der Waals surface area contributed by atoms with Crippen molar-refractivity contribution in [3.05, 3.63) is 318 Å². The molecule has 0 fully saturated rings. The van der Waals surface area contributed by atoms with E-state index in [9.17, 15) is 0 Å². The summed E-state index contributed by atoms with van der Waals surface area (Å²) in [4.78, 5) is 9.89. The van der Waals surface area contributed by atoms with E-state index >= 15 is 0 Å². The van der Waals surface area contributed by atoms with Crippen LogP contribution in [0.2, 0.25) is 0 Å². The SMILES string of the molecule is CN1c2ccccc2N2c3ccccc3C3(c4cccc1c42)c1cc(N(c2ccc(-c4ccccc4)cc2)c2ccc(C(C)(C)C)cc2)c2c(oc4ccccc42)c1-c1c3cc(N(c2ccc(-c3ccccc3)cc2)c2ccc(C(C)(C)C)cc2)c2c1oc1ccccc12. The van der Waals surface area contributed by atoms with Gasteiger partial charge in [0, 0.05) is 51.7 Å². The fourth-order valence-electron chi connectivity index (χ4n) is 15.8. The largest absolute Gasteiger partial charge is 0.455 e. The van der Waals surface area contributed by atoms with Crippen molar-refractivity contribution in [2.45, 2.75) is 57.8 Å². The zero-order valence-electron chi connectivity index (χ0n) is 53.7. The zero-order valence-corrected chi connectivity index (χ0v) is 53.7. The minimum atomic E-state index is -1.02. The molecule has 18 rings (SSSR count). The van der Waals surface area contributed by atoms with E-state index in [2.05, 4.69) is 353 Å². The van der Waals surface area contributed by atoms with Crippen molar-refractivity contribution in [2.75, 3.05) is 26.6 Å². The Morgan fingerprint density at radius 3 is 1.17 bits per heavy atom. The fourth-order valence-corrected chi connectivity index (χ4v) is 15.8. The van der Waals surface area contributed by atoms with Gasteiger partial charge in [-0.05, 0) is 164 Å². The molecule has 1 spiro atoms. The summed E-state index contributed by atoms with van der Waals surface area (Å²) in [5.41, 5.74) is 27.6. The molecule has 0 amide bonds. The van der Waals surface area contributed by atoms with Crippen molar-refractivity contribution < 1.29 is 8.83 Å². The maximum atomic E-state index is 7.73. The Morgan fingerprint density at radius 2 is 0.702 bits per heavy atom. The lowest BCUT2D eigenvalue weighted by atomic mass is 9.64. The Balaban J connectivity index is 1.01. The van der Waals surface area contributed by atoms with Gasteiger partial charge in [0.1, 0.15) is 22.3 Å². The van der Waals surface area contributed by atoms with Crippen LogP contribution >= 0.6 is 0 Å². The molecule has 0 atom stereocenters. The molecule has 2 aliphatic heterocycles. The van der Waals surface area contributed by atoms with E-state index in [4.69, 9.17) is 8.83 Å². The first kappa shape index (κ1) is 55.5. The second-order valence-electron chi connectivity index (χ2n) is 27.7. The van der Waals surface area contributed by atoms with Crippen LogP contribution in [0, 0.1) is 0 Å². The quantitative estimate of drug-likeness (QED) is 0.151. The van der Waals surface area contributed by atoms with Gasteiger partial charge in [0.2, 0.25) is 0 Å². The number of anilines is 11. The van der Waals surface area contributed by atoms with E-state index in [-0.39, 0.29) is 10.8 Å². The smallest absolute Gasteiger partial charge is 0.145 e. The number of para-hydroxylation sites is 6. The van der Waals surface area contributed by atoms with Crippen molar-refractivity contribution in [2.24, 2.45) is 0 Å². The number of fused-ring (bicyclic) bond motifs is 19. The van der Waals surface area contributed by atoms with Gasteiger partial charge in [-0.1, -0.05) is 230 Å². The average molecular weight is 1210 g/mol. The van der Waals surface area contributed by atoms with E-state index in [0.717, 1.165) is 151 Å². The molecular weight excluding hydrogens is 1140 g/mol. The molecule has 0 N–H and O–H groups in total. The first-order chi connectivity index (χ1) is 45.8. The molecule has 13 aromatic carbocycles. The van der Waals surface area contributed by atoms with Crippen LogP contribution in [0.5, 0.6) is 0 Å². The molecule has 452 valence electrons. The van der Waals surface area contributed by atoms with Crippen LogP contribution in [0.4, 0.5) is 62.6 Å². The molecule has 94 heavy (non-hydrogen) atoms. The van der Waals surface area contributed by atoms with Crippen LogP contribution in [0.25, 0.3) is 77.3 Å². The van der Waals surface area contributed by atoms with Gasteiger partial charge in [-0.25, -0.2) is 0 Å². The molecule has 0 saturated heterocycles. The van der Waals surface area contributed by atoms with Crippen LogP contribution in [-0.2, 0) is 16.2 Å². The minimum Gasteiger partial charge on any atom is -0.455 e. The van der Waals surface area contributed by atoms with Crippen LogP contribution < -0.4 is 19.6 Å². The number of hydrogen-bond donors (Lipinski definition) is 0. The highest BCUT2D eigenvalue weighted by Crippen LogP contribution is 2.70. The van der Waals surface area contributed by atoms with Gasteiger partial charge in [-0.15, -0.1) is 0 Å². The van der Waals surface area contributed by atoms with E-state index in [0.29, 0.717) is 0 Å². The second-order valence-corrected chi connectivity index (χ2v) is 27.7. The maximum absolute atomic E-state index is 7.73. The third-order valence-electron chi connectivity index (χ3n) is 20.3. The lowest BCUT2D eigenvalue weighted by Crippen LogP contribution is -2.38. The van der Waals surface area contributed by atoms with Crippen LogP contribution in [0.15, 0.2) is 294 Å². The highest BCUT2D eigenvalue weighted by molar-refractivity contribution is 6.26. The Bertz CT molecular complexity index is 5250. The molecule has 0 saturated carbocycles. The lowest BCUT2D eigenvalue weighted by molar-refractivity contribution is 0.590. The normalized spacial score (nSPS) is 13.5. The summed E-state index contributed by atoms with van der Waals surface area (Å²) in [6.07, 6.45) is 0. The summed E-state index contributed by atoms with van der Waals surface area (Å²) < 4.78 is 15.5. The van der Waals surface area contributed by atoms with Gasteiger partial charge in [0.15, 0.2) is 0 Å². The highest BCUT2D eigenvalue weighted by atomic mass is 16.3. The Morgan fingerprint density at radius 1 is 0.330 bits per heavy atom. The second kappa shape index (κ2) is 20.6. The molecule has 3 aliphatic rings. The van der Waals surface area contributed by atoms with E-state index < -0.39 is 5.41 Å². The number of benzene rings is 13. The van der Waals surface area contributed by atoms with Gasteiger partial charge >= 0.3 is 0 Å². The third-order valence-corrected chi connectivity index (χ3v) is 20.3. The van der Waals surface area contributed by atoms with Crippen LogP contribution in [0.1, 0.15) is 74.9 Å². The standard InChI is InChI=1S/C88H68N4O2/c1-86(2,3)59-41-49-63(50-42-59)90(61-45-37-57(38-46-61)55-23-10-8-11-24-55)75-53-69-81(84-79(75)65-27-14-20-35-77(65)93-84)82-70(88(69)67-29-16-17-31-71(67)92-73-33-19-18-32-72(73)89(7)74-34-22-30-68(88)83(74)92)54-76(80-66-28-15-21-36-78(66)94-85(80)82)91(64-51-43-60(44-52-64)87(4,5)6)62-47-39-58(40-48-62)56-25-12-9-13-26-56/h8-54H,1-7H3. The number of nitrogens with zero attached hydrogens (tertiary/aromatic N) is 4. The molecule has 2 aromatic heterocycles. The first-order valence-corrected chi connectivity index (χ1v) is 32.8. The monoisotopic (exact) mass is 1210 g/mol. The summed E-state index contributed by atoms with van der Waals surface area (Å²) in [6.45, 7) is 13.7. The maximum Gasteiger partial charge on any atom is 0.145 e. The number of hydrogen-bond acceptors (Lipinski definition) is 6. The van der Waals surface area contributed by atoms with Gasteiger partial charge in [-0.2, -0.15) is 0 Å². The molecule has 4 heterocycles. The molecule has 6 nitrogen and oxygen atoms in total. The number of furan rings is 2. The third kappa shape index (κ3) is 8.15. The van der Waals surface area contributed by atoms with Crippen molar-refractivity contribution in [3.63, 3.8) is 0 Å². The average Bonchev–Trinajstić information content (AvgIpc) is 1.43. The predicted octanol–water partition coefficient (Wildman–Crippen LogP) is 24.6. The van der Waals surface area contributed by atoms with E-state index in [1.165, 1.54) is 22.3 Å². The van der Waals surface area contributed by atoms with E-state index in [1.807, 2.05) is 0 Å². The molecule has 1 aliphatic carbocycles. The van der Waals surface area contributed by atoms with Crippen molar-refractivity contribution in [3.8, 4) is 33.4 Å². The Labute approximate surface area is 548 Å². The summed E-state index contributed by atoms with van der Waals surface area (Å²) in [6, 6.07) is 105. The summed E-state index contributed by atoms with van der Waals surface area (Å²) in [7, 11) is 2.22. The van der Waals surface area contributed by atoms with Crippen LogP contribution in [-0.4, -0.2) is 7.05 Å². The lowest BCUT2D eigenvalue weighted by Gasteiger charge is -2.49. The summed E-state index contributed by atoms with van der Waals surface area (Å²) in [5.74, 6) is 0. The van der Waals surface area contributed by atoms with Gasteiger partial charge in [0.05, 0.1) is 56.0 Å². The fraction of sp³-hybridized carbons (Fsp3) is 0.114. The van der Waals surface area contributed by atoms with Gasteiger partial charge < -0.3 is 28.4 Å². The molecular formula is C88H68N4O2.